The molecule has 2 aliphatic heterocycles. The molecule has 1 aromatic carbocycles. The first-order valence-corrected chi connectivity index (χ1v) is 11.8. The molecule has 2 atom stereocenters. The number of urea groups is 1. The molecule has 10 heteroatoms. The number of ether oxygens (including phenoxy) is 1. The maximum absolute atomic E-state index is 13.2. The average molecular weight is 485 g/mol. The number of nitrogens with zero attached hydrogens (tertiary/aromatic N) is 2. The van der Waals surface area contributed by atoms with Crippen LogP contribution >= 0.6 is 0 Å². The first-order valence-electron chi connectivity index (χ1n) is 11.8. The largest absolute Gasteiger partial charge is 0.454 e. The highest BCUT2D eigenvalue weighted by Crippen LogP contribution is 2.46. The second kappa shape index (κ2) is 8.35. The molecule has 0 aromatic heterocycles. The van der Waals surface area contributed by atoms with Crippen molar-refractivity contribution in [3.63, 3.8) is 0 Å². The van der Waals surface area contributed by atoms with E-state index < -0.39 is 48.0 Å². The molecule has 1 spiro atoms. The van der Waals surface area contributed by atoms with Crippen LogP contribution < -0.4 is 15.5 Å². The third-order valence-corrected chi connectivity index (χ3v) is 7.03. The van der Waals surface area contributed by atoms with Gasteiger partial charge in [-0.25, -0.2) is 4.79 Å². The Kier molecular flexibility index (Phi) is 5.89. The highest BCUT2D eigenvalue weighted by molar-refractivity contribution is 6.14. The van der Waals surface area contributed by atoms with E-state index in [2.05, 4.69) is 24.5 Å². The number of benzene rings is 1. The molecule has 3 aliphatic rings. The summed E-state index contributed by atoms with van der Waals surface area (Å²) in [6.45, 7) is 8.14. The summed E-state index contributed by atoms with van der Waals surface area (Å²) < 4.78 is 5.16. The van der Waals surface area contributed by atoms with Crippen molar-refractivity contribution in [3.05, 3.63) is 24.3 Å². The van der Waals surface area contributed by atoms with Crippen LogP contribution in [0.3, 0.4) is 0 Å². The Morgan fingerprint density at radius 2 is 1.77 bits per heavy atom. The molecule has 0 bridgehead atoms. The van der Waals surface area contributed by atoms with Gasteiger partial charge in [-0.05, 0) is 56.6 Å². The molecular formula is C25H32N4O6. The topological polar surface area (TPSA) is 125 Å². The number of esters is 1. The Morgan fingerprint density at radius 3 is 2.46 bits per heavy atom. The third kappa shape index (κ3) is 4.37. The van der Waals surface area contributed by atoms with E-state index >= 15 is 0 Å². The lowest BCUT2D eigenvalue weighted by Crippen LogP contribution is -2.59. The van der Waals surface area contributed by atoms with Crippen LogP contribution in [0.4, 0.5) is 16.2 Å². The summed E-state index contributed by atoms with van der Waals surface area (Å²) >= 11 is 0. The molecule has 0 radical (unpaired) electrons. The summed E-state index contributed by atoms with van der Waals surface area (Å²) in [5, 5.41) is 5.58. The number of anilines is 2. The van der Waals surface area contributed by atoms with Gasteiger partial charge in [0.1, 0.15) is 17.6 Å². The number of hydrogen-bond acceptors (Lipinski definition) is 6. The number of fused-ring (bicyclic) bond motifs is 1. The van der Waals surface area contributed by atoms with Crippen LogP contribution in [0.1, 0.15) is 53.9 Å². The maximum Gasteiger partial charge on any atom is 0.326 e. The van der Waals surface area contributed by atoms with Gasteiger partial charge >= 0.3 is 12.0 Å². The van der Waals surface area contributed by atoms with E-state index in [1.807, 2.05) is 6.92 Å². The van der Waals surface area contributed by atoms with Gasteiger partial charge in [0, 0.05) is 0 Å². The van der Waals surface area contributed by atoms with Crippen LogP contribution in [0, 0.1) is 11.3 Å². The fourth-order valence-corrected chi connectivity index (χ4v) is 5.93. The van der Waals surface area contributed by atoms with Gasteiger partial charge in [-0.2, -0.15) is 0 Å². The van der Waals surface area contributed by atoms with E-state index in [4.69, 9.17) is 4.74 Å². The molecule has 1 saturated carbocycles. The van der Waals surface area contributed by atoms with E-state index in [9.17, 15) is 24.0 Å². The predicted octanol–water partition coefficient (Wildman–Crippen LogP) is 2.43. The van der Waals surface area contributed by atoms with E-state index in [0.717, 1.165) is 11.3 Å². The third-order valence-electron chi connectivity index (χ3n) is 7.03. The quantitative estimate of drug-likeness (QED) is 0.500. The fourth-order valence-electron chi connectivity index (χ4n) is 5.93. The van der Waals surface area contributed by atoms with Crippen molar-refractivity contribution >= 4 is 41.1 Å². The first kappa shape index (κ1) is 24.7. The zero-order valence-corrected chi connectivity index (χ0v) is 20.8. The van der Waals surface area contributed by atoms with Crippen molar-refractivity contribution in [2.75, 3.05) is 23.4 Å². The van der Waals surface area contributed by atoms with Gasteiger partial charge in [0.25, 0.3) is 11.8 Å². The van der Waals surface area contributed by atoms with E-state index in [1.54, 1.807) is 38.1 Å². The minimum absolute atomic E-state index is 0.132. The SMILES string of the molecule is CC1CC(C)(C)CC2(C1)NC(=O)N(CC(=O)OCC(=O)N1c3ccccc3NC(=O)C1(C)C)C2=O. The molecule has 2 unspecified atom stereocenters. The zero-order chi connectivity index (χ0) is 25.8. The molecule has 4 rings (SSSR count). The van der Waals surface area contributed by atoms with Crippen LogP contribution in [0.25, 0.3) is 0 Å². The summed E-state index contributed by atoms with van der Waals surface area (Å²) in [5.41, 5.74) is -1.40. The maximum atomic E-state index is 13.2. The van der Waals surface area contributed by atoms with E-state index in [0.29, 0.717) is 24.2 Å². The van der Waals surface area contributed by atoms with Crippen molar-refractivity contribution in [2.24, 2.45) is 11.3 Å². The lowest BCUT2D eigenvalue weighted by atomic mass is 9.64. The summed E-state index contributed by atoms with van der Waals surface area (Å²) in [6.07, 6.45) is 1.94. The molecule has 35 heavy (non-hydrogen) atoms. The first-order chi connectivity index (χ1) is 16.3. The van der Waals surface area contributed by atoms with Crippen LogP contribution in [-0.2, 0) is 23.9 Å². The summed E-state index contributed by atoms with van der Waals surface area (Å²) in [5.74, 6) is -2.05. The summed E-state index contributed by atoms with van der Waals surface area (Å²) in [4.78, 5) is 66.2. The van der Waals surface area contributed by atoms with Crippen molar-refractivity contribution in [2.45, 2.75) is 65.0 Å². The van der Waals surface area contributed by atoms with Gasteiger partial charge in [0.15, 0.2) is 6.61 Å². The Balaban J connectivity index is 1.42. The normalized spacial score (nSPS) is 26.8. The van der Waals surface area contributed by atoms with E-state index in [1.165, 1.54) is 4.90 Å². The number of rotatable bonds is 4. The number of para-hydroxylation sites is 2. The number of amides is 5. The number of hydrogen-bond donors (Lipinski definition) is 2. The number of carbonyl (C=O) groups excluding carboxylic acids is 5. The predicted molar refractivity (Wildman–Crippen MR) is 127 cm³/mol. The highest BCUT2D eigenvalue weighted by Gasteiger charge is 2.56. The molecule has 10 nitrogen and oxygen atoms in total. The second-order valence-electron chi connectivity index (χ2n) is 11.2. The lowest BCUT2D eigenvalue weighted by Gasteiger charge is -2.43. The molecule has 1 aromatic rings. The molecular weight excluding hydrogens is 452 g/mol. The van der Waals surface area contributed by atoms with Crippen molar-refractivity contribution in [3.8, 4) is 0 Å². The summed E-state index contributed by atoms with van der Waals surface area (Å²) in [6, 6.07) is 6.20. The number of imide groups is 1. The smallest absolute Gasteiger partial charge is 0.326 e. The Bertz CT molecular complexity index is 1110. The molecule has 1 saturated heterocycles. The minimum atomic E-state index is -1.21. The molecule has 2 fully saturated rings. The van der Waals surface area contributed by atoms with Gasteiger partial charge in [-0.3, -0.25) is 29.0 Å². The van der Waals surface area contributed by atoms with Gasteiger partial charge < -0.3 is 15.4 Å². The van der Waals surface area contributed by atoms with Crippen molar-refractivity contribution in [1.29, 1.82) is 0 Å². The average Bonchev–Trinajstić information content (AvgIpc) is 2.94. The Labute approximate surface area is 204 Å². The van der Waals surface area contributed by atoms with Gasteiger partial charge in [-0.15, -0.1) is 0 Å². The van der Waals surface area contributed by atoms with E-state index in [-0.39, 0.29) is 17.2 Å². The number of nitrogens with one attached hydrogen (secondary N) is 2. The monoisotopic (exact) mass is 484 g/mol. The Hall–Kier alpha value is -3.43. The lowest BCUT2D eigenvalue weighted by molar-refractivity contribution is -0.151. The standard InChI is InChI=1S/C25H32N4O6/c1-15-10-23(2,3)14-25(11-15)21(33)28(22(34)27-25)12-19(31)35-13-18(30)29-17-9-7-6-8-16(17)26-20(32)24(29,4)5/h6-9,15H,10-14H2,1-5H3,(H,26,32)(H,27,34). The van der Waals surface area contributed by atoms with Crippen LogP contribution in [-0.4, -0.2) is 58.9 Å². The fraction of sp³-hybridized carbons (Fsp3) is 0.560. The molecule has 5 amide bonds. The molecule has 2 heterocycles. The van der Waals surface area contributed by atoms with Gasteiger partial charge in [0.05, 0.1) is 11.4 Å². The number of carbonyl (C=O) groups is 5. The van der Waals surface area contributed by atoms with Crippen molar-refractivity contribution < 1.29 is 28.7 Å². The van der Waals surface area contributed by atoms with Crippen LogP contribution in [0.15, 0.2) is 24.3 Å². The molecule has 2 N–H and O–H groups in total. The molecule has 188 valence electrons. The van der Waals surface area contributed by atoms with Gasteiger partial charge in [-0.1, -0.05) is 32.9 Å². The second-order valence-corrected chi connectivity index (χ2v) is 11.2. The highest BCUT2D eigenvalue weighted by atomic mass is 16.5. The van der Waals surface area contributed by atoms with Gasteiger partial charge in [0.2, 0.25) is 5.91 Å². The zero-order valence-electron chi connectivity index (χ0n) is 20.8. The van der Waals surface area contributed by atoms with Crippen molar-refractivity contribution in [1.82, 2.24) is 10.2 Å². The summed E-state index contributed by atoms with van der Waals surface area (Å²) in [7, 11) is 0. The van der Waals surface area contributed by atoms with Crippen LogP contribution in [0.5, 0.6) is 0 Å². The molecule has 1 aliphatic carbocycles. The minimum Gasteiger partial charge on any atom is -0.454 e. The van der Waals surface area contributed by atoms with Crippen LogP contribution in [0.2, 0.25) is 0 Å². The Morgan fingerprint density at radius 1 is 1.09 bits per heavy atom.